The Hall–Kier alpha value is -2.02. The highest BCUT2D eigenvalue weighted by atomic mass is 32.1. The molecule has 7 heteroatoms. The Balaban J connectivity index is 2.31. The normalized spacial score (nSPS) is 10.5. The molecule has 0 bridgehead atoms. The lowest BCUT2D eigenvalue weighted by Crippen LogP contribution is -2.19. The van der Waals surface area contributed by atoms with Crippen molar-refractivity contribution in [1.82, 2.24) is 9.97 Å². The van der Waals surface area contributed by atoms with E-state index in [-0.39, 0.29) is 10.6 Å². The SMILES string of the molecule is Cc1csc(CN(C)c2nccc(C)c2[N+](=O)[O-])n1. The van der Waals surface area contributed by atoms with E-state index in [2.05, 4.69) is 9.97 Å². The number of nitrogens with zero attached hydrogens (tertiary/aromatic N) is 4. The molecule has 0 saturated carbocycles. The summed E-state index contributed by atoms with van der Waals surface area (Å²) in [5.41, 5.74) is 1.62. The summed E-state index contributed by atoms with van der Waals surface area (Å²) in [6, 6.07) is 1.64. The maximum Gasteiger partial charge on any atom is 0.314 e. The largest absolute Gasteiger partial charge is 0.347 e. The van der Waals surface area contributed by atoms with Crippen molar-refractivity contribution in [3.63, 3.8) is 0 Å². The molecule has 0 radical (unpaired) electrons. The van der Waals surface area contributed by atoms with Crippen LogP contribution in [0.4, 0.5) is 11.5 Å². The lowest BCUT2D eigenvalue weighted by molar-refractivity contribution is -0.384. The molecule has 0 saturated heterocycles. The number of pyridine rings is 1. The van der Waals surface area contributed by atoms with Gasteiger partial charge in [0.2, 0.25) is 5.82 Å². The summed E-state index contributed by atoms with van der Waals surface area (Å²) in [4.78, 5) is 21.0. The van der Waals surface area contributed by atoms with E-state index in [1.807, 2.05) is 12.3 Å². The zero-order chi connectivity index (χ0) is 14.0. The second kappa shape index (κ2) is 5.31. The molecule has 0 amide bonds. The van der Waals surface area contributed by atoms with Crippen LogP contribution in [-0.4, -0.2) is 21.9 Å². The maximum atomic E-state index is 11.1. The van der Waals surface area contributed by atoms with Crippen LogP contribution >= 0.6 is 11.3 Å². The number of hydrogen-bond acceptors (Lipinski definition) is 6. The van der Waals surface area contributed by atoms with E-state index in [0.717, 1.165) is 10.7 Å². The number of aromatic nitrogens is 2. The first kappa shape index (κ1) is 13.4. The van der Waals surface area contributed by atoms with Crippen LogP contribution in [0, 0.1) is 24.0 Å². The Bertz CT molecular complexity index is 612. The van der Waals surface area contributed by atoms with Gasteiger partial charge in [0, 0.05) is 29.9 Å². The van der Waals surface area contributed by atoms with Crippen molar-refractivity contribution in [1.29, 1.82) is 0 Å². The fourth-order valence-electron chi connectivity index (χ4n) is 1.79. The third kappa shape index (κ3) is 2.87. The summed E-state index contributed by atoms with van der Waals surface area (Å²) in [7, 11) is 1.78. The van der Waals surface area contributed by atoms with E-state index in [1.165, 1.54) is 0 Å². The first-order chi connectivity index (χ1) is 8.99. The summed E-state index contributed by atoms with van der Waals surface area (Å²) >= 11 is 1.54. The number of aryl methyl sites for hydroxylation is 2. The zero-order valence-corrected chi connectivity index (χ0v) is 11.8. The smallest absolute Gasteiger partial charge is 0.314 e. The van der Waals surface area contributed by atoms with Gasteiger partial charge >= 0.3 is 5.69 Å². The van der Waals surface area contributed by atoms with Crippen LogP contribution in [0.5, 0.6) is 0 Å². The molecule has 0 N–H and O–H groups in total. The minimum atomic E-state index is -0.388. The molecule has 0 aliphatic rings. The quantitative estimate of drug-likeness (QED) is 0.635. The molecule has 0 spiro atoms. The average molecular weight is 278 g/mol. The third-order valence-corrected chi connectivity index (χ3v) is 3.64. The van der Waals surface area contributed by atoms with Crippen molar-refractivity contribution in [2.45, 2.75) is 20.4 Å². The van der Waals surface area contributed by atoms with E-state index < -0.39 is 0 Å². The van der Waals surface area contributed by atoms with Gasteiger partial charge in [0.25, 0.3) is 0 Å². The molecule has 6 nitrogen and oxygen atoms in total. The molecule has 0 unspecified atom stereocenters. The number of hydrogen-bond donors (Lipinski definition) is 0. The van der Waals surface area contributed by atoms with E-state index in [1.54, 1.807) is 42.5 Å². The summed E-state index contributed by atoms with van der Waals surface area (Å²) in [5, 5.41) is 14.0. The van der Waals surface area contributed by atoms with Crippen molar-refractivity contribution in [2.75, 3.05) is 11.9 Å². The van der Waals surface area contributed by atoms with Crippen LogP contribution in [0.3, 0.4) is 0 Å². The van der Waals surface area contributed by atoms with Gasteiger partial charge in [-0.3, -0.25) is 10.1 Å². The molecule has 0 fully saturated rings. The fourth-order valence-corrected chi connectivity index (χ4v) is 2.62. The Morgan fingerprint density at radius 3 is 2.79 bits per heavy atom. The predicted octanol–water partition coefficient (Wildman–Crippen LogP) is 2.70. The van der Waals surface area contributed by atoms with Gasteiger partial charge in [0.1, 0.15) is 5.01 Å². The van der Waals surface area contributed by atoms with Gasteiger partial charge in [-0.05, 0) is 19.9 Å². The molecule has 0 aliphatic carbocycles. The second-order valence-electron chi connectivity index (χ2n) is 4.30. The molecule has 2 rings (SSSR count). The molecule has 100 valence electrons. The van der Waals surface area contributed by atoms with Gasteiger partial charge in [-0.15, -0.1) is 11.3 Å². The van der Waals surface area contributed by atoms with Crippen LogP contribution in [0.2, 0.25) is 0 Å². The van der Waals surface area contributed by atoms with Crippen molar-refractivity contribution in [2.24, 2.45) is 0 Å². The van der Waals surface area contributed by atoms with Crippen LogP contribution in [0.25, 0.3) is 0 Å². The standard InChI is InChI=1S/C12H14N4O2S/c1-8-4-5-13-12(11(8)16(17)18)15(3)6-10-14-9(2)7-19-10/h4-5,7H,6H2,1-3H3. The summed E-state index contributed by atoms with van der Waals surface area (Å²) in [6.45, 7) is 4.15. The highest BCUT2D eigenvalue weighted by molar-refractivity contribution is 7.09. The van der Waals surface area contributed by atoms with Crippen molar-refractivity contribution in [3.05, 3.63) is 44.0 Å². The predicted molar refractivity (Wildman–Crippen MR) is 74.6 cm³/mol. The van der Waals surface area contributed by atoms with E-state index in [0.29, 0.717) is 17.9 Å². The van der Waals surface area contributed by atoms with Gasteiger partial charge in [-0.2, -0.15) is 0 Å². The lowest BCUT2D eigenvalue weighted by atomic mass is 10.2. The van der Waals surface area contributed by atoms with Gasteiger partial charge in [0.15, 0.2) is 0 Å². The van der Waals surface area contributed by atoms with Gasteiger partial charge in [0.05, 0.1) is 11.5 Å². The van der Waals surface area contributed by atoms with Crippen LogP contribution in [-0.2, 0) is 6.54 Å². The number of thiazole rings is 1. The Morgan fingerprint density at radius 1 is 1.47 bits per heavy atom. The van der Waals surface area contributed by atoms with Crippen LogP contribution in [0.1, 0.15) is 16.3 Å². The maximum absolute atomic E-state index is 11.1. The topological polar surface area (TPSA) is 72.2 Å². The number of anilines is 1. The summed E-state index contributed by atoms with van der Waals surface area (Å²) < 4.78 is 0. The first-order valence-corrected chi connectivity index (χ1v) is 6.59. The molecule has 2 aromatic rings. The molecule has 19 heavy (non-hydrogen) atoms. The Morgan fingerprint density at radius 2 is 2.21 bits per heavy atom. The molecule has 2 aromatic heterocycles. The summed E-state index contributed by atoms with van der Waals surface area (Å²) in [5.74, 6) is 0.373. The minimum absolute atomic E-state index is 0.0540. The van der Waals surface area contributed by atoms with Crippen molar-refractivity contribution < 1.29 is 4.92 Å². The van der Waals surface area contributed by atoms with Crippen molar-refractivity contribution >= 4 is 22.8 Å². The highest BCUT2D eigenvalue weighted by Crippen LogP contribution is 2.29. The molecular weight excluding hydrogens is 264 g/mol. The lowest BCUT2D eigenvalue weighted by Gasteiger charge is -2.17. The average Bonchev–Trinajstić information content (AvgIpc) is 2.73. The fraction of sp³-hybridized carbons (Fsp3) is 0.333. The summed E-state index contributed by atoms with van der Waals surface area (Å²) in [6.07, 6.45) is 1.58. The van der Waals surface area contributed by atoms with Gasteiger partial charge in [-0.1, -0.05) is 0 Å². The number of nitro groups is 1. The van der Waals surface area contributed by atoms with Crippen LogP contribution < -0.4 is 4.90 Å². The third-order valence-electron chi connectivity index (χ3n) is 2.69. The van der Waals surface area contributed by atoms with E-state index in [4.69, 9.17) is 0 Å². The van der Waals surface area contributed by atoms with Crippen LogP contribution in [0.15, 0.2) is 17.6 Å². The Kier molecular flexibility index (Phi) is 3.75. The molecule has 0 aliphatic heterocycles. The second-order valence-corrected chi connectivity index (χ2v) is 5.24. The minimum Gasteiger partial charge on any atom is -0.347 e. The van der Waals surface area contributed by atoms with Gasteiger partial charge in [-0.25, -0.2) is 9.97 Å². The molecular formula is C12H14N4O2S. The molecule has 0 aromatic carbocycles. The van der Waals surface area contributed by atoms with E-state index >= 15 is 0 Å². The monoisotopic (exact) mass is 278 g/mol. The number of rotatable bonds is 4. The molecule has 0 atom stereocenters. The van der Waals surface area contributed by atoms with Crippen molar-refractivity contribution in [3.8, 4) is 0 Å². The zero-order valence-electron chi connectivity index (χ0n) is 11.0. The highest BCUT2D eigenvalue weighted by Gasteiger charge is 2.22. The van der Waals surface area contributed by atoms with Gasteiger partial charge < -0.3 is 4.90 Å². The Labute approximate surface area is 114 Å². The van der Waals surface area contributed by atoms with E-state index in [9.17, 15) is 10.1 Å². The first-order valence-electron chi connectivity index (χ1n) is 5.71. The molecule has 2 heterocycles.